The molecule has 3 aromatic rings. The van der Waals surface area contributed by atoms with Gasteiger partial charge in [-0.05, 0) is 42.2 Å². The molecule has 1 aliphatic rings. The molecule has 1 saturated heterocycles. The molecule has 0 saturated carbocycles. The fourth-order valence-corrected chi connectivity index (χ4v) is 4.09. The molecule has 0 unspecified atom stereocenters. The van der Waals surface area contributed by atoms with Crippen molar-refractivity contribution in [1.29, 1.82) is 0 Å². The lowest BCUT2D eigenvalue weighted by Crippen LogP contribution is -2.47. The van der Waals surface area contributed by atoms with Crippen LogP contribution < -0.4 is 5.32 Å². The number of benzene rings is 3. The van der Waals surface area contributed by atoms with Crippen molar-refractivity contribution in [3.8, 4) is 0 Å². The maximum absolute atomic E-state index is 13.5. The number of carbonyl (C=O) groups is 2. The molecular formula is C26H25FN2O2. The smallest absolute Gasteiger partial charge is 0.251 e. The Balaban J connectivity index is 1.42. The molecule has 1 aliphatic heterocycles. The first-order chi connectivity index (χ1) is 15.1. The van der Waals surface area contributed by atoms with Crippen molar-refractivity contribution in [3.63, 3.8) is 0 Å². The molecule has 0 aliphatic carbocycles. The number of halogens is 1. The van der Waals surface area contributed by atoms with E-state index in [-0.39, 0.29) is 23.8 Å². The van der Waals surface area contributed by atoms with Crippen molar-refractivity contribution >= 4 is 11.8 Å². The quantitative estimate of drug-likeness (QED) is 0.671. The number of hydrogen-bond acceptors (Lipinski definition) is 2. The lowest BCUT2D eigenvalue weighted by molar-refractivity contribution is -0.132. The second-order valence-electron chi connectivity index (χ2n) is 7.84. The van der Waals surface area contributed by atoms with Gasteiger partial charge in [-0.25, -0.2) is 4.39 Å². The van der Waals surface area contributed by atoms with Gasteiger partial charge >= 0.3 is 0 Å². The summed E-state index contributed by atoms with van der Waals surface area (Å²) >= 11 is 0. The highest BCUT2D eigenvalue weighted by Crippen LogP contribution is 2.28. The van der Waals surface area contributed by atoms with E-state index >= 15 is 0 Å². The monoisotopic (exact) mass is 416 g/mol. The van der Waals surface area contributed by atoms with Crippen LogP contribution in [0.1, 0.15) is 40.2 Å². The summed E-state index contributed by atoms with van der Waals surface area (Å²) in [6.45, 7) is 1.15. The number of hydrogen-bond donors (Lipinski definition) is 1. The zero-order valence-corrected chi connectivity index (χ0v) is 17.2. The van der Waals surface area contributed by atoms with Crippen LogP contribution in [0.15, 0.2) is 84.9 Å². The van der Waals surface area contributed by atoms with E-state index < -0.39 is 5.82 Å². The standard InChI is InChI=1S/C26H25FN2O2/c27-22-13-7-12-21(18-22)25(30)28-23-14-16-29(17-15-23)26(31)24(19-8-3-1-4-9-19)20-10-5-2-6-11-20/h1-13,18,23-24H,14-17H2,(H,28,30). The van der Waals surface area contributed by atoms with Crippen LogP contribution >= 0.6 is 0 Å². The van der Waals surface area contributed by atoms with Crippen LogP contribution in [0.2, 0.25) is 0 Å². The molecule has 1 N–H and O–H groups in total. The second kappa shape index (κ2) is 9.56. The Morgan fingerprint density at radius 1 is 0.839 bits per heavy atom. The van der Waals surface area contributed by atoms with Crippen LogP contribution in [-0.4, -0.2) is 35.8 Å². The fourth-order valence-electron chi connectivity index (χ4n) is 4.09. The Kier molecular flexibility index (Phi) is 6.41. The Labute approximate surface area is 181 Å². The lowest BCUT2D eigenvalue weighted by atomic mass is 9.89. The minimum Gasteiger partial charge on any atom is -0.349 e. The van der Waals surface area contributed by atoms with E-state index in [1.165, 1.54) is 18.2 Å². The van der Waals surface area contributed by atoms with Crippen LogP contribution in [0.4, 0.5) is 4.39 Å². The average molecular weight is 416 g/mol. The number of carbonyl (C=O) groups excluding carboxylic acids is 2. The molecular weight excluding hydrogens is 391 g/mol. The first kappa shape index (κ1) is 20.8. The maximum Gasteiger partial charge on any atom is 0.251 e. The molecule has 1 heterocycles. The molecule has 2 amide bonds. The minimum atomic E-state index is -0.430. The molecule has 0 atom stereocenters. The molecule has 0 radical (unpaired) electrons. The van der Waals surface area contributed by atoms with Gasteiger partial charge in [0.05, 0.1) is 5.92 Å². The van der Waals surface area contributed by atoms with Crippen LogP contribution in [-0.2, 0) is 4.79 Å². The molecule has 4 rings (SSSR count). The fraction of sp³-hybridized carbons (Fsp3) is 0.231. The lowest BCUT2D eigenvalue weighted by Gasteiger charge is -2.35. The molecule has 0 aromatic heterocycles. The Morgan fingerprint density at radius 3 is 1.97 bits per heavy atom. The molecule has 31 heavy (non-hydrogen) atoms. The Hall–Kier alpha value is -3.47. The number of piperidine rings is 1. The predicted molar refractivity (Wildman–Crippen MR) is 118 cm³/mol. The zero-order chi connectivity index (χ0) is 21.6. The van der Waals surface area contributed by atoms with Crippen molar-refractivity contribution < 1.29 is 14.0 Å². The first-order valence-electron chi connectivity index (χ1n) is 10.6. The van der Waals surface area contributed by atoms with Crippen molar-refractivity contribution in [2.45, 2.75) is 24.8 Å². The summed E-state index contributed by atoms with van der Waals surface area (Å²) in [7, 11) is 0. The highest BCUT2D eigenvalue weighted by Gasteiger charge is 2.30. The van der Waals surface area contributed by atoms with E-state index in [0.29, 0.717) is 31.5 Å². The number of nitrogens with one attached hydrogen (secondary N) is 1. The Morgan fingerprint density at radius 2 is 1.42 bits per heavy atom. The van der Waals surface area contributed by atoms with E-state index in [9.17, 15) is 14.0 Å². The van der Waals surface area contributed by atoms with Crippen molar-refractivity contribution in [1.82, 2.24) is 10.2 Å². The van der Waals surface area contributed by atoms with Gasteiger partial charge in [0, 0.05) is 24.7 Å². The van der Waals surface area contributed by atoms with Gasteiger partial charge in [0.2, 0.25) is 5.91 Å². The average Bonchev–Trinajstić information content (AvgIpc) is 2.81. The van der Waals surface area contributed by atoms with Gasteiger partial charge in [0.25, 0.3) is 5.91 Å². The molecule has 158 valence electrons. The van der Waals surface area contributed by atoms with Gasteiger partial charge < -0.3 is 10.2 Å². The summed E-state index contributed by atoms with van der Waals surface area (Å²) in [4.78, 5) is 27.8. The van der Waals surface area contributed by atoms with E-state index in [4.69, 9.17) is 0 Å². The third-order valence-corrected chi connectivity index (χ3v) is 5.74. The van der Waals surface area contributed by atoms with Crippen LogP contribution in [0.25, 0.3) is 0 Å². The highest BCUT2D eigenvalue weighted by atomic mass is 19.1. The minimum absolute atomic E-state index is 0.0354. The van der Waals surface area contributed by atoms with E-state index in [2.05, 4.69) is 5.32 Å². The third kappa shape index (κ3) is 5.00. The second-order valence-corrected chi connectivity index (χ2v) is 7.84. The topological polar surface area (TPSA) is 49.4 Å². The van der Waals surface area contributed by atoms with Crippen molar-refractivity contribution in [2.24, 2.45) is 0 Å². The summed E-state index contributed by atoms with van der Waals surface area (Å²) in [5, 5.41) is 2.97. The normalized spacial score (nSPS) is 14.5. The van der Waals surface area contributed by atoms with Gasteiger partial charge in [0.1, 0.15) is 5.82 Å². The molecule has 4 nitrogen and oxygen atoms in total. The first-order valence-corrected chi connectivity index (χ1v) is 10.6. The summed E-state index contributed by atoms with van der Waals surface area (Å²) in [6.07, 6.45) is 1.34. The summed E-state index contributed by atoms with van der Waals surface area (Å²) < 4.78 is 13.4. The van der Waals surface area contributed by atoms with E-state index in [0.717, 1.165) is 11.1 Å². The highest BCUT2D eigenvalue weighted by molar-refractivity contribution is 5.94. The number of likely N-dealkylation sites (tertiary alicyclic amines) is 1. The van der Waals surface area contributed by atoms with Crippen LogP contribution in [0.3, 0.4) is 0 Å². The van der Waals surface area contributed by atoms with Gasteiger partial charge in [0.15, 0.2) is 0 Å². The molecule has 0 bridgehead atoms. The van der Waals surface area contributed by atoms with Crippen molar-refractivity contribution in [3.05, 3.63) is 107 Å². The zero-order valence-electron chi connectivity index (χ0n) is 17.2. The summed E-state index contributed by atoms with van der Waals surface area (Å²) in [6, 6.07) is 25.3. The summed E-state index contributed by atoms with van der Waals surface area (Å²) in [5.74, 6) is -0.982. The maximum atomic E-state index is 13.5. The molecule has 1 fully saturated rings. The van der Waals surface area contributed by atoms with Gasteiger partial charge in [-0.3, -0.25) is 9.59 Å². The molecule has 5 heteroatoms. The van der Waals surface area contributed by atoms with Crippen molar-refractivity contribution in [2.75, 3.05) is 13.1 Å². The molecule has 3 aromatic carbocycles. The largest absolute Gasteiger partial charge is 0.349 e. The van der Waals surface area contributed by atoms with Gasteiger partial charge in [-0.15, -0.1) is 0 Å². The SMILES string of the molecule is O=C(NC1CCN(C(=O)C(c2ccccc2)c2ccccc2)CC1)c1cccc(F)c1. The third-order valence-electron chi connectivity index (χ3n) is 5.74. The van der Waals surface area contributed by atoms with Gasteiger partial charge in [-0.2, -0.15) is 0 Å². The number of amides is 2. The number of nitrogens with zero attached hydrogens (tertiary/aromatic N) is 1. The Bertz CT molecular complexity index is 992. The number of rotatable bonds is 5. The summed E-state index contributed by atoms with van der Waals surface area (Å²) in [5.41, 5.74) is 2.26. The van der Waals surface area contributed by atoms with Crippen LogP contribution in [0, 0.1) is 5.82 Å². The van der Waals surface area contributed by atoms with E-state index in [1.54, 1.807) is 6.07 Å². The van der Waals surface area contributed by atoms with Gasteiger partial charge in [-0.1, -0.05) is 66.7 Å². The molecule has 0 spiro atoms. The van der Waals surface area contributed by atoms with Crippen LogP contribution in [0.5, 0.6) is 0 Å². The van der Waals surface area contributed by atoms with E-state index in [1.807, 2.05) is 65.6 Å². The predicted octanol–water partition coefficient (Wildman–Crippen LogP) is 4.38.